The molecule has 0 heterocycles. The third-order valence-corrected chi connectivity index (χ3v) is 4.65. The average Bonchev–Trinajstić information content (AvgIpc) is 2.71. The Morgan fingerprint density at radius 3 is 2.54 bits per heavy atom. The number of likely N-dealkylation sites (N-methyl/N-ethyl adjacent to an activating group) is 1. The molecule has 7 heteroatoms. The van der Waals surface area contributed by atoms with Crippen LogP contribution < -0.4 is 20.1 Å². The maximum atomic E-state index is 12.2. The number of hydrogen-bond donors (Lipinski definition) is 2. The SMILES string of the molecule is CCN(CC)CCOc1cc(NC(=O)CNc2ccccc2Cl)ccc1OC. The van der Waals surface area contributed by atoms with Crippen LogP contribution in [0, 0.1) is 0 Å². The van der Waals surface area contributed by atoms with Crippen LogP contribution >= 0.6 is 11.6 Å². The van der Waals surface area contributed by atoms with Crippen molar-refractivity contribution in [2.75, 3.05) is 50.5 Å². The first-order chi connectivity index (χ1) is 13.6. The molecule has 0 aliphatic heterocycles. The van der Waals surface area contributed by atoms with Crippen LogP contribution in [0.3, 0.4) is 0 Å². The molecule has 2 rings (SSSR count). The molecule has 6 nitrogen and oxygen atoms in total. The lowest BCUT2D eigenvalue weighted by Crippen LogP contribution is -2.28. The van der Waals surface area contributed by atoms with Crippen LogP contribution in [0.2, 0.25) is 5.02 Å². The molecular weight excluding hydrogens is 378 g/mol. The molecule has 0 aromatic heterocycles. The number of nitrogens with zero attached hydrogens (tertiary/aromatic N) is 1. The van der Waals surface area contributed by atoms with Crippen molar-refractivity contribution in [1.82, 2.24) is 4.90 Å². The second kappa shape index (κ2) is 11.4. The topological polar surface area (TPSA) is 62.8 Å². The van der Waals surface area contributed by atoms with Crippen LogP contribution in [0.4, 0.5) is 11.4 Å². The minimum Gasteiger partial charge on any atom is -0.493 e. The number of hydrogen-bond acceptors (Lipinski definition) is 5. The first kappa shape index (κ1) is 21.9. The molecule has 0 saturated carbocycles. The van der Waals surface area contributed by atoms with E-state index in [1.54, 1.807) is 31.4 Å². The van der Waals surface area contributed by atoms with Gasteiger partial charge in [-0.3, -0.25) is 4.79 Å². The van der Waals surface area contributed by atoms with Gasteiger partial charge in [-0.1, -0.05) is 37.6 Å². The molecule has 0 bridgehead atoms. The molecule has 2 aromatic rings. The molecule has 2 N–H and O–H groups in total. The molecule has 152 valence electrons. The van der Waals surface area contributed by atoms with Crippen LogP contribution in [0.1, 0.15) is 13.8 Å². The smallest absolute Gasteiger partial charge is 0.243 e. The minimum absolute atomic E-state index is 0.105. The van der Waals surface area contributed by atoms with E-state index in [1.807, 2.05) is 18.2 Å². The van der Waals surface area contributed by atoms with E-state index in [9.17, 15) is 4.79 Å². The van der Waals surface area contributed by atoms with Crippen LogP contribution in [-0.4, -0.2) is 50.7 Å². The lowest BCUT2D eigenvalue weighted by atomic mass is 10.2. The molecule has 0 fully saturated rings. The Morgan fingerprint density at radius 1 is 1.11 bits per heavy atom. The molecule has 0 aliphatic carbocycles. The highest BCUT2D eigenvalue weighted by Gasteiger charge is 2.10. The Labute approximate surface area is 171 Å². The Balaban J connectivity index is 1.93. The highest BCUT2D eigenvalue weighted by atomic mass is 35.5. The molecule has 0 spiro atoms. The second-order valence-corrected chi connectivity index (χ2v) is 6.53. The van der Waals surface area contributed by atoms with E-state index in [1.165, 1.54) is 0 Å². The summed E-state index contributed by atoms with van der Waals surface area (Å²) in [6.07, 6.45) is 0. The lowest BCUT2D eigenvalue weighted by Gasteiger charge is -2.19. The van der Waals surface area contributed by atoms with Crippen LogP contribution in [0.25, 0.3) is 0 Å². The first-order valence-electron chi connectivity index (χ1n) is 9.38. The van der Waals surface area contributed by atoms with E-state index in [2.05, 4.69) is 29.4 Å². The Bertz CT molecular complexity index is 766. The van der Waals surface area contributed by atoms with Crippen molar-refractivity contribution in [3.63, 3.8) is 0 Å². The minimum atomic E-state index is -0.181. The zero-order valence-electron chi connectivity index (χ0n) is 16.6. The van der Waals surface area contributed by atoms with Crippen LogP contribution in [-0.2, 0) is 4.79 Å². The summed E-state index contributed by atoms with van der Waals surface area (Å²) in [6, 6.07) is 12.6. The predicted octanol–water partition coefficient (Wildman–Crippen LogP) is 4.12. The van der Waals surface area contributed by atoms with E-state index < -0.39 is 0 Å². The zero-order valence-corrected chi connectivity index (χ0v) is 17.4. The number of methoxy groups -OCH3 is 1. The summed E-state index contributed by atoms with van der Waals surface area (Å²) in [5.41, 5.74) is 1.36. The fourth-order valence-electron chi connectivity index (χ4n) is 2.68. The van der Waals surface area contributed by atoms with Gasteiger partial charge in [-0.2, -0.15) is 0 Å². The predicted molar refractivity (Wildman–Crippen MR) is 115 cm³/mol. The maximum Gasteiger partial charge on any atom is 0.243 e. The molecule has 2 aromatic carbocycles. The van der Waals surface area contributed by atoms with Gasteiger partial charge in [-0.15, -0.1) is 0 Å². The summed E-state index contributed by atoms with van der Waals surface area (Å²) in [5, 5.41) is 6.45. The number of benzene rings is 2. The monoisotopic (exact) mass is 405 g/mol. The number of amides is 1. The molecule has 0 saturated heterocycles. The third-order valence-electron chi connectivity index (χ3n) is 4.32. The zero-order chi connectivity index (χ0) is 20.4. The summed E-state index contributed by atoms with van der Waals surface area (Å²) in [5.74, 6) is 1.05. The van der Waals surface area contributed by atoms with Gasteiger partial charge in [-0.05, 0) is 37.4 Å². The molecule has 0 unspecified atom stereocenters. The van der Waals surface area contributed by atoms with Gasteiger partial charge in [0, 0.05) is 18.3 Å². The number of carbonyl (C=O) groups excluding carboxylic acids is 1. The fourth-order valence-corrected chi connectivity index (χ4v) is 2.88. The standard InChI is InChI=1S/C21H28ClN3O3/c1-4-25(5-2)12-13-28-20-14-16(10-11-19(20)27-3)24-21(26)15-23-18-9-7-6-8-17(18)22/h6-11,14,23H,4-5,12-13,15H2,1-3H3,(H,24,26). The number of halogens is 1. The molecule has 0 aliphatic rings. The van der Waals surface area contributed by atoms with Crippen molar-refractivity contribution in [2.45, 2.75) is 13.8 Å². The van der Waals surface area contributed by atoms with Gasteiger partial charge in [-0.25, -0.2) is 0 Å². The van der Waals surface area contributed by atoms with Crippen molar-refractivity contribution >= 4 is 28.9 Å². The number of para-hydroxylation sites is 1. The van der Waals surface area contributed by atoms with Gasteiger partial charge in [0.2, 0.25) is 5.91 Å². The maximum absolute atomic E-state index is 12.2. The van der Waals surface area contributed by atoms with Gasteiger partial charge in [0.1, 0.15) is 6.61 Å². The van der Waals surface area contributed by atoms with Gasteiger partial charge >= 0.3 is 0 Å². The summed E-state index contributed by atoms with van der Waals surface area (Å²) in [6.45, 7) is 7.68. The fraction of sp³-hybridized carbons (Fsp3) is 0.381. The van der Waals surface area contributed by atoms with Crippen molar-refractivity contribution in [1.29, 1.82) is 0 Å². The molecule has 1 amide bonds. The van der Waals surface area contributed by atoms with E-state index in [0.717, 1.165) is 25.3 Å². The summed E-state index contributed by atoms with van der Waals surface area (Å²) in [7, 11) is 1.60. The Kier molecular flexibility index (Phi) is 8.91. The van der Waals surface area contributed by atoms with Gasteiger partial charge < -0.3 is 25.0 Å². The highest BCUT2D eigenvalue weighted by Crippen LogP contribution is 2.30. The van der Waals surface area contributed by atoms with Crippen LogP contribution in [0.15, 0.2) is 42.5 Å². The summed E-state index contributed by atoms with van der Waals surface area (Å²) < 4.78 is 11.2. The second-order valence-electron chi connectivity index (χ2n) is 6.12. The summed E-state index contributed by atoms with van der Waals surface area (Å²) >= 11 is 6.09. The Hall–Kier alpha value is -2.44. The van der Waals surface area contributed by atoms with Crippen LogP contribution in [0.5, 0.6) is 11.5 Å². The average molecular weight is 406 g/mol. The number of rotatable bonds is 11. The summed E-state index contributed by atoms with van der Waals surface area (Å²) in [4.78, 5) is 14.5. The normalized spacial score (nSPS) is 10.6. The van der Waals surface area contributed by atoms with Crippen molar-refractivity contribution in [3.05, 3.63) is 47.5 Å². The van der Waals surface area contributed by atoms with E-state index in [4.69, 9.17) is 21.1 Å². The lowest BCUT2D eigenvalue weighted by molar-refractivity contribution is -0.114. The van der Waals surface area contributed by atoms with Crippen molar-refractivity contribution in [2.24, 2.45) is 0 Å². The molecule has 0 atom stereocenters. The molecule has 0 radical (unpaired) electrons. The number of nitrogens with one attached hydrogen (secondary N) is 2. The highest BCUT2D eigenvalue weighted by molar-refractivity contribution is 6.33. The van der Waals surface area contributed by atoms with Crippen molar-refractivity contribution in [3.8, 4) is 11.5 Å². The van der Waals surface area contributed by atoms with E-state index in [0.29, 0.717) is 28.8 Å². The van der Waals surface area contributed by atoms with E-state index >= 15 is 0 Å². The third kappa shape index (κ3) is 6.62. The number of anilines is 2. The number of ether oxygens (including phenoxy) is 2. The molecule has 28 heavy (non-hydrogen) atoms. The van der Waals surface area contributed by atoms with Gasteiger partial charge in [0.05, 0.1) is 24.4 Å². The van der Waals surface area contributed by atoms with Gasteiger partial charge in [0.15, 0.2) is 11.5 Å². The van der Waals surface area contributed by atoms with Gasteiger partial charge in [0.25, 0.3) is 0 Å². The van der Waals surface area contributed by atoms with E-state index in [-0.39, 0.29) is 12.5 Å². The molecular formula is C21H28ClN3O3. The Morgan fingerprint density at radius 2 is 1.86 bits per heavy atom. The van der Waals surface area contributed by atoms with Crippen molar-refractivity contribution < 1.29 is 14.3 Å². The first-order valence-corrected chi connectivity index (χ1v) is 9.76. The quantitative estimate of drug-likeness (QED) is 0.588. The largest absolute Gasteiger partial charge is 0.493 e. The number of carbonyl (C=O) groups is 1.